The number of ether oxygens (including phenoxy) is 1. The first kappa shape index (κ1) is 15.8. The Balaban J connectivity index is 2.23. The van der Waals surface area contributed by atoms with Crippen LogP contribution in [-0.2, 0) is 5.41 Å². The van der Waals surface area contributed by atoms with Crippen molar-refractivity contribution in [1.82, 2.24) is 0 Å². The van der Waals surface area contributed by atoms with Crippen molar-refractivity contribution in [2.24, 2.45) is 0 Å². The summed E-state index contributed by atoms with van der Waals surface area (Å²) in [5.41, 5.74) is 1.61. The summed E-state index contributed by atoms with van der Waals surface area (Å²) in [4.78, 5) is 2.39. The van der Waals surface area contributed by atoms with E-state index < -0.39 is 5.41 Å². The molecule has 0 spiro atoms. The molecule has 118 valence electrons. The maximum atomic E-state index is 10.4. The molecule has 0 aliphatic heterocycles. The molecule has 3 rings (SSSR count). The van der Waals surface area contributed by atoms with Gasteiger partial charge in [-0.15, -0.1) is 11.3 Å². The van der Waals surface area contributed by atoms with Crippen molar-refractivity contribution in [3.63, 3.8) is 0 Å². The Hall–Kier alpha value is -2.10. The number of aliphatic hydroxyl groups excluding tert-OH is 1. The van der Waals surface area contributed by atoms with Gasteiger partial charge in [0.25, 0.3) is 0 Å². The third-order valence-corrected chi connectivity index (χ3v) is 5.41. The number of aryl methyl sites for hydroxylation is 1. The maximum Gasteiger partial charge on any atom is 0.118 e. The largest absolute Gasteiger partial charge is 0.497 e. The first-order valence-electron chi connectivity index (χ1n) is 7.58. The van der Waals surface area contributed by atoms with E-state index in [2.05, 4.69) is 31.2 Å². The molecular formula is C20H20O2S. The normalized spacial score (nSPS) is 13.5. The standard InChI is InChI=1S/C20H20O2S/c1-15-8-13-19(23-15)20(14-21,16-6-4-3-5-7-16)17-9-11-18(22-2)12-10-17/h3-13,21H,14H2,1-2H3. The summed E-state index contributed by atoms with van der Waals surface area (Å²) in [5, 5.41) is 10.4. The number of benzene rings is 2. The third-order valence-electron chi connectivity index (χ3n) is 4.25. The average Bonchev–Trinajstić information content (AvgIpc) is 3.04. The minimum atomic E-state index is -0.549. The predicted molar refractivity (Wildman–Crippen MR) is 95.5 cm³/mol. The summed E-state index contributed by atoms with van der Waals surface area (Å²) in [5.74, 6) is 0.816. The van der Waals surface area contributed by atoms with E-state index in [9.17, 15) is 5.11 Å². The number of rotatable bonds is 5. The van der Waals surface area contributed by atoms with Gasteiger partial charge < -0.3 is 9.84 Å². The molecule has 2 aromatic carbocycles. The predicted octanol–water partition coefficient (Wildman–Crippen LogP) is 4.39. The summed E-state index contributed by atoms with van der Waals surface area (Å²) >= 11 is 1.73. The van der Waals surface area contributed by atoms with E-state index in [1.807, 2.05) is 42.5 Å². The van der Waals surface area contributed by atoms with Gasteiger partial charge in [0.2, 0.25) is 0 Å². The summed E-state index contributed by atoms with van der Waals surface area (Å²) in [6.45, 7) is 2.11. The van der Waals surface area contributed by atoms with Crippen LogP contribution >= 0.6 is 11.3 Å². The van der Waals surface area contributed by atoms with Gasteiger partial charge in [-0.25, -0.2) is 0 Å². The molecule has 1 aromatic heterocycles. The van der Waals surface area contributed by atoms with Crippen molar-refractivity contribution >= 4 is 11.3 Å². The third kappa shape index (κ3) is 2.78. The first-order valence-corrected chi connectivity index (χ1v) is 8.40. The maximum absolute atomic E-state index is 10.4. The van der Waals surface area contributed by atoms with Crippen LogP contribution in [0.3, 0.4) is 0 Å². The first-order chi connectivity index (χ1) is 11.2. The zero-order valence-corrected chi connectivity index (χ0v) is 14.1. The van der Waals surface area contributed by atoms with Gasteiger partial charge in [0, 0.05) is 9.75 Å². The molecule has 1 heterocycles. The Labute approximate surface area is 141 Å². The molecule has 1 unspecified atom stereocenters. The number of aliphatic hydroxyl groups is 1. The van der Waals surface area contributed by atoms with Gasteiger partial charge in [-0.3, -0.25) is 0 Å². The van der Waals surface area contributed by atoms with Crippen molar-refractivity contribution in [3.8, 4) is 5.75 Å². The second-order valence-corrected chi connectivity index (χ2v) is 6.86. The fourth-order valence-electron chi connectivity index (χ4n) is 2.97. The van der Waals surface area contributed by atoms with Crippen molar-refractivity contribution < 1.29 is 9.84 Å². The van der Waals surface area contributed by atoms with Gasteiger partial charge in [-0.2, -0.15) is 0 Å². The molecule has 1 N–H and O–H groups in total. The summed E-state index contributed by atoms with van der Waals surface area (Å²) < 4.78 is 5.27. The molecule has 23 heavy (non-hydrogen) atoms. The van der Waals surface area contributed by atoms with Crippen molar-refractivity contribution in [1.29, 1.82) is 0 Å². The molecule has 0 aliphatic rings. The van der Waals surface area contributed by atoms with Crippen LogP contribution in [0.15, 0.2) is 66.7 Å². The van der Waals surface area contributed by atoms with Crippen LogP contribution in [-0.4, -0.2) is 18.8 Å². The van der Waals surface area contributed by atoms with E-state index in [0.717, 1.165) is 21.8 Å². The summed E-state index contributed by atoms with van der Waals surface area (Å²) in [6.07, 6.45) is 0. The fraction of sp³-hybridized carbons (Fsp3) is 0.200. The molecule has 1 atom stereocenters. The van der Waals surface area contributed by atoms with E-state index in [1.165, 1.54) is 4.88 Å². The highest BCUT2D eigenvalue weighted by molar-refractivity contribution is 7.12. The van der Waals surface area contributed by atoms with E-state index in [1.54, 1.807) is 18.4 Å². The fourth-order valence-corrected chi connectivity index (χ4v) is 4.07. The monoisotopic (exact) mass is 324 g/mol. The highest BCUT2D eigenvalue weighted by Crippen LogP contribution is 2.42. The quantitative estimate of drug-likeness (QED) is 0.754. The number of hydrogen-bond donors (Lipinski definition) is 1. The van der Waals surface area contributed by atoms with Crippen molar-refractivity contribution in [3.05, 3.63) is 87.6 Å². The van der Waals surface area contributed by atoms with Gasteiger partial charge in [0.05, 0.1) is 19.1 Å². The molecule has 3 aromatic rings. The Morgan fingerprint density at radius 3 is 2.09 bits per heavy atom. The molecule has 3 heteroatoms. The van der Waals surface area contributed by atoms with Crippen LogP contribution in [0.4, 0.5) is 0 Å². The highest BCUT2D eigenvalue weighted by atomic mass is 32.1. The van der Waals surface area contributed by atoms with Gasteiger partial charge in [0.1, 0.15) is 5.75 Å². The Bertz CT molecular complexity index is 762. The van der Waals surface area contributed by atoms with Crippen LogP contribution in [0.1, 0.15) is 20.9 Å². The molecule has 0 saturated carbocycles. The van der Waals surface area contributed by atoms with E-state index >= 15 is 0 Å². The van der Waals surface area contributed by atoms with Crippen molar-refractivity contribution in [2.75, 3.05) is 13.7 Å². The molecule has 0 fully saturated rings. The zero-order chi connectivity index (χ0) is 16.3. The summed E-state index contributed by atoms with van der Waals surface area (Å²) in [7, 11) is 1.66. The lowest BCUT2D eigenvalue weighted by Gasteiger charge is -2.32. The van der Waals surface area contributed by atoms with Gasteiger partial charge in [-0.05, 0) is 42.3 Å². The van der Waals surface area contributed by atoms with Crippen molar-refractivity contribution in [2.45, 2.75) is 12.3 Å². The van der Waals surface area contributed by atoms with E-state index in [0.29, 0.717) is 0 Å². The lowest BCUT2D eigenvalue weighted by atomic mass is 9.74. The zero-order valence-electron chi connectivity index (χ0n) is 13.3. The minimum absolute atomic E-state index is 0.0172. The van der Waals surface area contributed by atoms with Crippen LogP contribution < -0.4 is 4.74 Å². The number of thiophene rings is 1. The number of methoxy groups -OCH3 is 1. The Morgan fingerprint density at radius 1 is 0.913 bits per heavy atom. The molecule has 0 aliphatic carbocycles. The second kappa shape index (κ2) is 6.57. The SMILES string of the molecule is COc1ccc(C(CO)(c2ccccc2)c2ccc(C)s2)cc1. The smallest absolute Gasteiger partial charge is 0.118 e. The lowest BCUT2D eigenvalue weighted by molar-refractivity contribution is 0.245. The molecular weight excluding hydrogens is 304 g/mol. The van der Waals surface area contributed by atoms with Crippen LogP contribution in [0.25, 0.3) is 0 Å². The lowest BCUT2D eigenvalue weighted by Crippen LogP contribution is -2.32. The average molecular weight is 324 g/mol. The van der Waals surface area contributed by atoms with Crippen LogP contribution in [0, 0.1) is 6.92 Å². The Kier molecular flexibility index (Phi) is 4.51. The van der Waals surface area contributed by atoms with Gasteiger partial charge in [-0.1, -0.05) is 42.5 Å². The molecule has 0 amide bonds. The highest BCUT2D eigenvalue weighted by Gasteiger charge is 2.37. The molecule has 0 radical (unpaired) electrons. The molecule has 0 saturated heterocycles. The van der Waals surface area contributed by atoms with Crippen LogP contribution in [0.2, 0.25) is 0 Å². The van der Waals surface area contributed by atoms with E-state index in [4.69, 9.17) is 4.74 Å². The van der Waals surface area contributed by atoms with Gasteiger partial charge in [0.15, 0.2) is 0 Å². The second-order valence-electron chi connectivity index (χ2n) is 5.57. The number of hydrogen-bond acceptors (Lipinski definition) is 3. The van der Waals surface area contributed by atoms with E-state index in [-0.39, 0.29) is 6.61 Å². The summed E-state index contributed by atoms with van der Waals surface area (Å²) in [6, 6.07) is 22.4. The molecule has 2 nitrogen and oxygen atoms in total. The Morgan fingerprint density at radius 2 is 1.57 bits per heavy atom. The topological polar surface area (TPSA) is 29.5 Å². The van der Waals surface area contributed by atoms with Crippen LogP contribution in [0.5, 0.6) is 5.75 Å². The van der Waals surface area contributed by atoms with Gasteiger partial charge >= 0.3 is 0 Å². The molecule has 0 bridgehead atoms. The minimum Gasteiger partial charge on any atom is -0.497 e.